The van der Waals surface area contributed by atoms with Gasteiger partial charge in [-0.05, 0) is 48.4 Å². The second kappa shape index (κ2) is 7.63. The van der Waals surface area contributed by atoms with Gasteiger partial charge in [-0.25, -0.2) is 4.98 Å². The third-order valence-corrected chi connectivity index (χ3v) is 6.71. The summed E-state index contributed by atoms with van der Waals surface area (Å²) in [4.78, 5) is 7.34. The lowest BCUT2D eigenvalue weighted by Gasteiger charge is -2.31. The van der Waals surface area contributed by atoms with Crippen molar-refractivity contribution >= 4 is 32.3 Å². The van der Waals surface area contributed by atoms with Crippen LogP contribution in [0.5, 0.6) is 0 Å². The summed E-state index contributed by atoms with van der Waals surface area (Å²) in [5.41, 5.74) is 2.27. The molecule has 4 aromatic rings. The predicted octanol–water partition coefficient (Wildman–Crippen LogP) is 5.65. The third-order valence-electron chi connectivity index (χ3n) is 5.63. The fourth-order valence-electron chi connectivity index (χ4n) is 4.06. The number of ether oxygens (including phenoxy) is 1. The highest BCUT2D eigenvalue weighted by Crippen LogP contribution is 2.37. The minimum absolute atomic E-state index is 0.128. The van der Waals surface area contributed by atoms with E-state index in [-0.39, 0.29) is 12.2 Å². The maximum absolute atomic E-state index is 6.77. The second-order valence-corrected chi connectivity index (χ2v) is 8.67. The zero-order valence-corrected chi connectivity index (χ0v) is 16.9. The number of aromatic nitrogens is 1. The van der Waals surface area contributed by atoms with Crippen LogP contribution < -0.4 is 0 Å². The molecular weight excluding hydrogens is 364 g/mol. The second-order valence-electron chi connectivity index (χ2n) is 7.61. The molecule has 1 aliphatic rings. The Morgan fingerprint density at radius 3 is 2.57 bits per heavy atom. The highest BCUT2D eigenvalue weighted by atomic mass is 32.1. The lowest BCUT2D eigenvalue weighted by molar-refractivity contribution is -0.0228. The van der Waals surface area contributed by atoms with E-state index in [0.717, 1.165) is 36.5 Å². The van der Waals surface area contributed by atoms with Crippen molar-refractivity contribution in [2.45, 2.75) is 25.0 Å². The monoisotopic (exact) mass is 388 g/mol. The summed E-state index contributed by atoms with van der Waals surface area (Å²) in [6, 6.07) is 23.4. The molecule has 0 spiro atoms. The van der Waals surface area contributed by atoms with Gasteiger partial charge >= 0.3 is 0 Å². The molecule has 28 heavy (non-hydrogen) atoms. The SMILES string of the molecule is CN1CCC(OC(c2nc3ccccc3s2)c2cccc3ccccc23)CC1. The molecule has 1 fully saturated rings. The van der Waals surface area contributed by atoms with E-state index in [1.54, 1.807) is 11.3 Å². The van der Waals surface area contributed by atoms with E-state index >= 15 is 0 Å². The van der Waals surface area contributed by atoms with E-state index in [9.17, 15) is 0 Å². The van der Waals surface area contributed by atoms with Crippen LogP contribution >= 0.6 is 11.3 Å². The highest BCUT2D eigenvalue weighted by Gasteiger charge is 2.27. The maximum Gasteiger partial charge on any atom is 0.135 e. The van der Waals surface area contributed by atoms with Crippen LogP contribution in [0.2, 0.25) is 0 Å². The van der Waals surface area contributed by atoms with E-state index in [2.05, 4.69) is 78.7 Å². The summed E-state index contributed by atoms with van der Waals surface area (Å²) < 4.78 is 7.99. The quantitative estimate of drug-likeness (QED) is 0.452. The van der Waals surface area contributed by atoms with Crippen molar-refractivity contribution in [3.8, 4) is 0 Å². The van der Waals surface area contributed by atoms with Gasteiger partial charge in [0.25, 0.3) is 0 Å². The first-order valence-corrected chi connectivity index (χ1v) is 10.8. The van der Waals surface area contributed by atoms with Crippen LogP contribution in [-0.4, -0.2) is 36.1 Å². The molecule has 1 atom stereocenters. The molecule has 3 nitrogen and oxygen atoms in total. The topological polar surface area (TPSA) is 25.4 Å². The lowest BCUT2D eigenvalue weighted by Crippen LogP contribution is -2.35. The summed E-state index contributed by atoms with van der Waals surface area (Å²) >= 11 is 1.75. The van der Waals surface area contributed by atoms with Gasteiger partial charge < -0.3 is 9.64 Å². The number of piperidine rings is 1. The van der Waals surface area contributed by atoms with Gasteiger partial charge in [-0.2, -0.15) is 0 Å². The Hall–Kier alpha value is -2.27. The number of hydrogen-bond donors (Lipinski definition) is 0. The minimum Gasteiger partial charge on any atom is -0.363 e. The summed E-state index contributed by atoms with van der Waals surface area (Å²) in [5, 5.41) is 3.55. The minimum atomic E-state index is -0.128. The van der Waals surface area contributed by atoms with E-state index in [0.29, 0.717) is 0 Å². The molecule has 0 bridgehead atoms. The van der Waals surface area contributed by atoms with E-state index in [1.165, 1.54) is 21.0 Å². The first kappa shape index (κ1) is 17.8. The van der Waals surface area contributed by atoms with Crippen LogP contribution in [0.25, 0.3) is 21.0 Å². The summed E-state index contributed by atoms with van der Waals surface area (Å²) in [5.74, 6) is 0. The molecule has 3 aromatic carbocycles. The van der Waals surface area contributed by atoms with Crippen molar-refractivity contribution in [3.05, 3.63) is 77.3 Å². The normalized spacial score (nSPS) is 17.3. The zero-order valence-electron chi connectivity index (χ0n) is 16.0. The van der Waals surface area contributed by atoms with Gasteiger partial charge in [0.15, 0.2) is 0 Å². The molecule has 5 rings (SSSR count). The Kier molecular flexibility index (Phi) is 4.85. The van der Waals surface area contributed by atoms with Gasteiger partial charge in [0.2, 0.25) is 0 Å². The molecule has 1 aromatic heterocycles. The van der Waals surface area contributed by atoms with Gasteiger partial charge in [0.05, 0.1) is 16.3 Å². The Balaban J connectivity index is 1.59. The molecule has 142 valence electrons. The predicted molar refractivity (Wildman–Crippen MR) is 117 cm³/mol. The van der Waals surface area contributed by atoms with Crippen molar-refractivity contribution in [1.82, 2.24) is 9.88 Å². The van der Waals surface area contributed by atoms with Crippen molar-refractivity contribution in [1.29, 1.82) is 0 Å². The van der Waals surface area contributed by atoms with Gasteiger partial charge in [0, 0.05) is 13.1 Å². The number of benzene rings is 3. The van der Waals surface area contributed by atoms with Crippen molar-refractivity contribution in [2.75, 3.05) is 20.1 Å². The molecule has 2 heterocycles. The number of para-hydroxylation sites is 1. The van der Waals surface area contributed by atoms with Crippen LogP contribution in [0, 0.1) is 0 Å². The summed E-state index contributed by atoms with van der Waals surface area (Å²) in [6.45, 7) is 2.18. The number of fused-ring (bicyclic) bond motifs is 2. The zero-order chi connectivity index (χ0) is 18.9. The standard InChI is InChI=1S/C24H24N2OS/c1-26-15-13-18(14-16-26)27-23(24-25-21-11-4-5-12-22(21)28-24)20-10-6-8-17-7-2-3-9-19(17)20/h2-12,18,23H,13-16H2,1H3. The van der Waals surface area contributed by atoms with E-state index in [1.807, 2.05) is 0 Å². The maximum atomic E-state index is 6.77. The molecule has 0 aliphatic carbocycles. The number of rotatable bonds is 4. The van der Waals surface area contributed by atoms with Gasteiger partial charge in [-0.3, -0.25) is 0 Å². The highest BCUT2D eigenvalue weighted by molar-refractivity contribution is 7.18. The Labute approximate surface area is 169 Å². The van der Waals surface area contributed by atoms with E-state index in [4.69, 9.17) is 9.72 Å². The molecule has 0 N–H and O–H groups in total. The Bertz CT molecular complexity index is 1060. The first-order valence-electron chi connectivity index (χ1n) is 9.95. The van der Waals surface area contributed by atoms with Gasteiger partial charge in [0.1, 0.15) is 11.1 Å². The number of nitrogens with zero attached hydrogens (tertiary/aromatic N) is 2. The molecule has 1 aliphatic heterocycles. The van der Waals surface area contributed by atoms with Crippen LogP contribution in [0.1, 0.15) is 29.5 Å². The fourth-order valence-corrected chi connectivity index (χ4v) is 5.08. The lowest BCUT2D eigenvalue weighted by atomic mass is 10.00. The molecular formula is C24H24N2OS. The van der Waals surface area contributed by atoms with Crippen LogP contribution in [0.3, 0.4) is 0 Å². The van der Waals surface area contributed by atoms with E-state index < -0.39 is 0 Å². The van der Waals surface area contributed by atoms with Crippen LogP contribution in [0.15, 0.2) is 66.7 Å². The molecule has 0 amide bonds. The average molecular weight is 389 g/mol. The molecule has 0 radical (unpaired) electrons. The van der Waals surface area contributed by atoms with Gasteiger partial charge in [-0.1, -0.05) is 54.6 Å². The average Bonchev–Trinajstić information content (AvgIpc) is 3.17. The first-order chi connectivity index (χ1) is 13.8. The van der Waals surface area contributed by atoms with Crippen LogP contribution in [-0.2, 0) is 4.74 Å². The Morgan fingerprint density at radius 1 is 0.964 bits per heavy atom. The van der Waals surface area contributed by atoms with Crippen molar-refractivity contribution in [3.63, 3.8) is 0 Å². The number of likely N-dealkylation sites (tertiary alicyclic amines) is 1. The number of thiazole rings is 1. The largest absolute Gasteiger partial charge is 0.363 e. The van der Waals surface area contributed by atoms with Crippen LogP contribution in [0.4, 0.5) is 0 Å². The molecule has 0 saturated carbocycles. The molecule has 1 unspecified atom stereocenters. The third kappa shape index (κ3) is 3.44. The van der Waals surface area contributed by atoms with Crippen molar-refractivity contribution in [2.24, 2.45) is 0 Å². The van der Waals surface area contributed by atoms with Crippen molar-refractivity contribution < 1.29 is 4.74 Å². The summed E-state index contributed by atoms with van der Waals surface area (Å²) in [6.07, 6.45) is 2.29. The summed E-state index contributed by atoms with van der Waals surface area (Å²) in [7, 11) is 2.19. The fraction of sp³-hybridized carbons (Fsp3) is 0.292. The molecule has 1 saturated heterocycles. The van der Waals surface area contributed by atoms with Gasteiger partial charge in [-0.15, -0.1) is 11.3 Å². The Morgan fingerprint density at radius 2 is 1.71 bits per heavy atom. The number of hydrogen-bond acceptors (Lipinski definition) is 4. The molecule has 4 heteroatoms. The smallest absolute Gasteiger partial charge is 0.135 e.